The van der Waals surface area contributed by atoms with E-state index >= 15 is 0 Å². The number of hydrogen-bond acceptors (Lipinski definition) is 20. The molecule has 1 rings (SSSR count). The van der Waals surface area contributed by atoms with Crippen LogP contribution < -0.4 is 4.90 Å². The van der Waals surface area contributed by atoms with Crippen LogP contribution in [-0.4, -0.2) is 175 Å². The van der Waals surface area contributed by atoms with Crippen LogP contribution in [0.25, 0.3) is 0 Å². The molecule has 0 fully saturated rings. The van der Waals surface area contributed by atoms with Gasteiger partial charge in [0, 0.05) is 45.3 Å². The van der Waals surface area contributed by atoms with Gasteiger partial charge in [-0.25, -0.2) is 0 Å². The van der Waals surface area contributed by atoms with Crippen LogP contribution in [0.1, 0.15) is 91.9 Å². The normalized spacial score (nSPS) is 13.3. The van der Waals surface area contributed by atoms with Gasteiger partial charge in [-0.2, -0.15) is 15.0 Å². The fourth-order valence-corrected chi connectivity index (χ4v) is 7.08. The van der Waals surface area contributed by atoms with E-state index in [0.717, 1.165) is 70.4 Å². The first-order valence-electron chi connectivity index (χ1n) is 20.7. The molecule has 4 unspecified atom stereocenters. The highest BCUT2D eigenvalue weighted by Crippen LogP contribution is 2.23. The molecule has 0 aliphatic heterocycles. The van der Waals surface area contributed by atoms with Gasteiger partial charge in [-0.05, 0) is 57.6 Å². The Balaban J connectivity index is 0.00000118. The van der Waals surface area contributed by atoms with Crippen molar-refractivity contribution in [3.8, 4) is 0 Å². The van der Waals surface area contributed by atoms with Crippen LogP contribution in [-0.2, 0) is 38.0 Å². The molecule has 0 saturated carbocycles. The zero-order valence-electron chi connectivity index (χ0n) is 36.3. The van der Waals surface area contributed by atoms with Crippen molar-refractivity contribution in [2.75, 3.05) is 108 Å². The van der Waals surface area contributed by atoms with Gasteiger partial charge >= 0.3 is 11.9 Å². The molecule has 0 aliphatic carbocycles. The molecule has 0 radical (unpaired) electrons. The maximum Gasteiger partial charge on any atom is 0.316 e. The first-order valence-corrected chi connectivity index (χ1v) is 25.4. The van der Waals surface area contributed by atoms with Crippen LogP contribution in [0.2, 0.25) is 0 Å². The Morgan fingerprint density at radius 1 is 0.610 bits per heavy atom. The van der Waals surface area contributed by atoms with E-state index in [4.69, 9.17) is 23.7 Å². The van der Waals surface area contributed by atoms with Crippen molar-refractivity contribution in [3.63, 3.8) is 0 Å². The van der Waals surface area contributed by atoms with Gasteiger partial charge in [0.1, 0.15) is 24.2 Å². The highest BCUT2D eigenvalue weighted by molar-refractivity contribution is 8.77. The number of carbonyl (C=O) groups is 2. The number of hydrogen-bond donors (Lipinski definition) is 4. The van der Waals surface area contributed by atoms with E-state index in [0.29, 0.717) is 68.5 Å². The van der Waals surface area contributed by atoms with Gasteiger partial charge in [-0.15, -0.1) is 0 Å². The summed E-state index contributed by atoms with van der Waals surface area (Å²) in [5.41, 5.74) is 0. The average molecular weight is 919 g/mol. The molecule has 0 amide bonds. The summed E-state index contributed by atoms with van der Waals surface area (Å²) in [5.74, 6) is 0.639. The predicted octanol–water partition coefficient (Wildman–Crippen LogP) is 5.07. The largest absolute Gasteiger partial charge is 0.468 e. The summed E-state index contributed by atoms with van der Waals surface area (Å²) < 4.78 is 31.0. The van der Waals surface area contributed by atoms with Gasteiger partial charge in [0.25, 0.3) is 0 Å². The molecule has 1 heterocycles. The molecule has 16 nitrogen and oxygen atoms in total. The number of carbonyl (C=O) groups excluding carboxylic acids is 2. The Bertz CT molecular complexity index is 1150. The second-order valence-electron chi connectivity index (χ2n) is 13.3. The number of methoxy groups -OCH3 is 1. The van der Waals surface area contributed by atoms with Crippen LogP contribution in [0.4, 0.5) is 5.95 Å². The van der Waals surface area contributed by atoms with E-state index in [1.165, 1.54) is 52.2 Å². The van der Waals surface area contributed by atoms with Crippen LogP contribution in [0.15, 0.2) is 10.3 Å². The third-order valence-electron chi connectivity index (χ3n) is 7.96. The maximum atomic E-state index is 11.5. The van der Waals surface area contributed by atoms with Crippen LogP contribution in [0.3, 0.4) is 0 Å². The van der Waals surface area contributed by atoms with E-state index in [2.05, 4.69) is 38.4 Å². The number of aromatic nitrogens is 3. The van der Waals surface area contributed by atoms with Crippen molar-refractivity contribution in [2.24, 2.45) is 0 Å². The third-order valence-corrected chi connectivity index (χ3v) is 11.6. The Labute approximate surface area is 369 Å². The van der Waals surface area contributed by atoms with E-state index in [1.54, 1.807) is 0 Å². The summed E-state index contributed by atoms with van der Waals surface area (Å²) in [7, 11) is 3.70. The molecule has 0 spiro atoms. The molecule has 4 N–H and O–H groups in total. The van der Waals surface area contributed by atoms with Crippen LogP contribution >= 0.6 is 45.1 Å². The number of aliphatic hydroxyl groups is 4. The minimum Gasteiger partial charge on any atom is -0.468 e. The molecule has 0 aliphatic rings. The second kappa shape index (κ2) is 40.9. The lowest BCUT2D eigenvalue weighted by atomic mass is 10.3. The second-order valence-corrected chi connectivity index (χ2v) is 17.6. The molecular formula is C39H74N4O12S4. The zero-order chi connectivity index (χ0) is 43.9. The van der Waals surface area contributed by atoms with Gasteiger partial charge in [0.05, 0.1) is 51.8 Å². The van der Waals surface area contributed by atoms with Gasteiger partial charge in [-0.3, -0.25) is 9.59 Å². The molecule has 59 heavy (non-hydrogen) atoms. The number of ether oxygens (including phenoxy) is 6. The smallest absolute Gasteiger partial charge is 0.316 e. The highest BCUT2D eigenvalue weighted by atomic mass is 33.1. The van der Waals surface area contributed by atoms with E-state index < -0.39 is 24.3 Å². The van der Waals surface area contributed by atoms with Crippen LogP contribution in [0.5, 0.6) is 0 Å². The first-order chi connectivity index (χ1) is 28.5. The lowest BCUT2D eigenvalue weighted by molar-refractivity contribution is -0.144. The van der Waals surface area contributed by atoms with Gasteiger partial charge < -0.3 is 53.7 Å². The quantitative estimate of drug-likeness (QED) is 0.0295. The van der Waals surface area contributed by atoms with Crippen molar-refractivity contribution in [2.45, 2.75) is 127 Å². The van der Waals surface area contributed by atoms with Crippen molar-refractivity contribution < 1.29 is 58.4 Å². The lowest BCUT2D eigenvalue weighted by Gasteiger charge is -2.23. The summed E-state index contributed by atoms with van der Waals surface area (Å²) >= 11 is 2.95. The van der Waals surface area contributed by atoms with E-state index in [1.807, 2.05) is 20.1 Å². The first kappa shape index (κ1) is 57.8. The molecule has 0 bridgehead atoms. The third kappa shape index (κ3) is 35.0. The number of anilines is 1. The van der Waals surface area contributed by atoms with E-state index in [-0.39, 0.29) is 43.4 Å². The predicted molar refractivity (Wildman–Crippen MR) is 239 cm³/mol. The summed E-state index contributed by atoms with van der Waals surface area (Å²) in [5, 5.41) is 40.1. The summed E-state index contributed by atoms with van der Waals surface area (Å²) in [6, 6.07) is 0. The number of unbranched alkanes of at least 4 members (excludes halogenated alkanes) is 4. The Morgan fingerprint density at radius 3 is 1.53 bits per heavy atom. The van der Waals surface area contributed by atoms with Crippen molar-refractivity contribution in [1.82, 2.24) is 15.0 Å². The molecule has 346 valence electrons. The Hall–Kier alpha value is -1.17. The van der Waals surface area contributed by atoms with Gasteiger partial charge in [0.2, 0.25) is 5.95 Å². The summed E-state index contributed by atoms with van der Waals surface area (Å²) in [6.45, 7) is 13.3. The molecule has 4 atom stereocenters. The minimum atomic E-state index is -0.873. The van der Waals surface area contributed by atoms with Gasteiger partial charge in [0.15, 0.2) is 10.3 Å². The summed E-state index contributed by atoms with van der Waals surface area (Å²) in [4.78, 5) is 38.4. The molecule has 1 aromatic rings. The fourth-order valence-electron chi connectivity index (χ4n) is 4.30. The van der Waals surface area contributed by atoms with Crippen molar-refractivity contribution in [3.05, 3.63) is 0 Å². The molecule has 20 heteroatoms. The zero-order valence-corrected chi connectivity index (χ0v) is 39.5. The Morgan fingerprint density at radius 2 is 1.07 bits per heavy atom. The molecular weight excluding hydrogens is 845 g/mol. The number of rotatable bonds is 38. The minimum absolute atomic E-state index is 0.0853. The van der Waals surface area contributed by atoms with Crippen LogP contribution in [0, 0.1) is 0 Å². The highest BCUT2D eigenvalue weighted by Gasteiger charge is 2.15. The molecule has 0 aromatic carbocycles. The number of thioether (sulfide) groups is 2. The van der Waals surface area contributed by atoms with Gasteiger partial charge in [-0.1, -0.05) is 85.6 Å². The summed E-state index contributed by atoms with van der Waals surface area (Å²) in [6.07, 6.45) is 8.91. The van der Waals surface area contributed by atoms with E-state index in [9.17, 15) is 30.0 Å². The lowest BCUT2D eigenvalue weighted by Crippen LogP contribution is -2.28. The molecule has 1 aromatic heterocycles. The SMILES string of the molecule is CCC(O)COCCCCOCC(O)COC(=O)CSSCC(=O)OC.CCCCN(CCCC)c1nc(SC)nc(SCC(O)COCCCCOCC(O)CC)n1. The standard InChI is InChI=1S/C23H44N4O4S2.C16H30O8S2/c1-5-8-12-27(13-9-6-2)21-24-22(32-4)26-23(25-21)33-18-20(29)17-31-15-11-10-14-30-16-19(28)7-3;1-3-13(17)8-22-6-4-5-7-23-9-14(18)10-24-16(20)12-26-25-11-15(19)21-2/h19-20,28-29H,5-18H2,1-4H3;13-14,17-18H,3-12H2,1-2H3. The number of aliphatic hydroxyl groups excluding tert-OH is 4. The maximum absolute atomic E-state index is 11.5. The fraction of sp³-hybridized carbons (Fsp3) is 0.872. The number of nitrogens with zero attached hydrogens (tertiary/aromatic N) is 4. The van der Waals surface area contributed by atoms with Crippen molar-refractivity contribution in [1.29, 1.82) is 0 Å². The monoisotopic (exact) mass is 918 g/mol. The molecule has 0 saturated heterocycles. The Kier molecular flexibility index (Phi) is 40.1. The average Bonchev–Trinajstić information content (AvgIpc) is 3.25. The van der Waals surface area contributed by atoms with Crippen molar-refractivity contribution >= 4 is 63.0 Å². The number of esters is 2. The topological polar surface area (TPSA) is 212 Å².